The maximum absolute atomic E-state index is 2.82. The summed E-state index contributed by atoms with van der Waals surface area (Å²) < 4.78 is 2.80. The lowest BCUT2D eigenvalue weighted by Gasteiger charge is -2.44. The van der Waals surface area contributed by atoms with Gasteiger partial charge < -0.3 is 9.80 Å². The van der Waals surface area contributed by atoms with Crippen LogP contribution in [0, 0.1) is 11.8 Å². The van der Waals surface area contributed by atoms with Crippen molar-refractivity contribution >= 4 is 78.0 Å². The Hall–Kier alpha value is -5.84. The van der Waals surface area contributed by atoms with Crippen LogP contribution in [0.5, 0.6) is 0 Å². The SMILES string of the molecule is CC(C)(C)c1ccc(N2c3ccc(C(C)(C)C)cc3B3c4sc5ccc(C(C)(C)C)cc5c4N(c4cccc5c4-c4ccccc4C54C5CCC4CC5)c4cc(-c5cc(C(C)(C)C)cc(C(C)(C)C)c5)cc2c43)cc1. The fourth-order valence-corrected chi connectivity index (χ4v) is 16.0. The van der Waals surface area contributed by atoms with Gasteiger partial charge in [-0.25, -0.2) is 0 Å². The predicted molar refractivity (Wildman–Crippen MR) is 326 cm³/mol. The lowest BCUT2D eigenvalue weighted by molar-refractivity contribution is 0.400. The number of hydrogen-bond donors (Lipinski definition) is 0. The molecule has 2 fully saturated rings. The van der Waals surface area contributed by atoms with E-state index in [1.807, 2.05) is 11.3 Å². The highest BCUT2D eigenvalue weighted by Gasteiger charge is 2.60. The Morgan fingerprint density at radius 1 is 0.453 bits per heavy atom. The van der Waals surface area contributed by atoms with Gasteiger partial charge in [-0.1, -0.05) is 189 Å². The Morgan fingerprint density at radius 3 is 1.60 bits per heavy atom. The van der Waals surface area contributed by atoms with Gasteiger partial charge in [0.25, 0.3) is 6.71 Å². The Bertz CT molecular complexity index is 3610. The Kier molecular flexibility index (Phi) is 10.5. The molecule has 3 aliphatic carbocycles. The summed E-state index contributed by atoms with van der Waals surface area (Å²) >= 11 is 2.03. The van der Waals surface area contributed by atoms with E-state index in [-0.39, 0.29) is 39.2 Å². The molecule has 0 radical (unpaired) electrons. The highest BCUT2D eigenvalue weighted by molar-refractivity contribution is 7.33. The smallest absolute Gasteiger partial charge is 0.264 e. The van der Waals surface area contributed by atoms with Crippen molar-refractivity contribution in [3.05, 3.63) is 172 Å². The lowest BCUT2D eigenvalue weighted by Crippen LogP contribution is -2.60. The third kappa shape index (κ3) is 7.23. The number of nitrogens with zero attached hydrogens (tertiary/aromatic N) is 2. The molecule has 0 amide bonds. The maximum atomic E-state index is 2.82. The molecular weight excluding hydrogens is 924 g/mol. The van der Waals surface area contributed by atoms with Gasteiger partial charge in [-0.2, -0.15) is 0 Å². The van der Waals surface area contributed by atoms with Gasteiger partial charge in [0.2, 0.25) is 0 Å². The molecule has 5 aliphatic rings. The number of anilines is 6. The van der Waals surface area contributed by atoms with Gasteiger partial charge in [0.05, 0.1) is 11.4 Å². The summed E-state index contributed by atoms with van der Waals surface area (Å²) in [6.45, 7) is 35.5. The zero-order valence-electron chi connectivity index (χ0n) is 47.6. The maximum Gasteiger partial charge on any atom is 0.264 e. The van der Waals surface area contributed by atoms with E-state index in [0.717, 1.165) is 0 Å². The van der Waals surface area contributed by atoms with E-state index >= 15 is 0 Å². The molecule has 2 aliphatic heterocycles. The fourth-order valence-electron chi connectivity index (χ4n) is 14.7. The van der Waals surface area contributed by atoms with Crippen molar-refractivity contribution in [2.24, 2.45) is 11.8 Å². The molecule has 8 aromatic rings. The Labute approximate surface area is 453 Å². The molecule has 2 saturated carbocycles. The van der Waals surface area contributed by atoms with Crippen LogP contribution in [0.3, 0.4) is 0 Å². The molecule has 0 saturated heterocycles. The second kappa shape index (κ2) is 16.1. The minimum Gasteiger partial charge on any atom is -0.311 e. The zero-order valence-corrected chi connectivity index (χ0v) is 48.4. The minimum absolute atomic E-state index is 0.0142. The molecular formula is C71H77BN2S. The average molecular weight is 1000 g/mol. The average Bonchev–Trinajstić information content (AvgIpc) is 4.12. The minimum atomic E-state index is -0.0388. The molecule has 1 aromatic heterocycles. The molecule has 75 heavy (non-hydrogen) atoms. The van der Waals surface area contributed by atoms with Crippen molar-refractivity contribution < 1.29 is 0 Å². The molecule has 7 aromatic carbocycles. The summed E-state index contributed by atoms with van der Waals surface area (Å²) in [6, 6.07) is 54.3. The Morgan fingerprint density at radius 2 is 0.987 bits per heavy atom. The number of thiophene rings is 1. The number of benzene rings is 7. The quantitative estimate of drug-likeness (QED) is 0.163. The van der Waals surface area contributed by atoms with E-state index in [2.05, 4.69) is 247 Å². The first kappa shape index (κ1) is 48.8. The summed E-state index contributed by atoms with van der Waals surface area (Å²) in [5, 5.41) is 1.36. The van der Waals surface area contributed by atoms with Crippen molar-refractivity contribution in [1.82, 2.24) is 0 Å². The monoisotopic (exact) mass is 1000 g/mol. The first-order valence-electron chi connectivity index (χ1n) is 28.3. The van der Waals surface area contributed by atoms with Crippen LogP contribution >= 0.6 is 11.3 Å². The number of fused-ring (bicyclic) bond motifs is 9. The number of hydrogen-bond acceptors (Lipinski definition) is 3. The Balaban J connectivity index is 1.20. The van der Waals surface area contributed by atoms with E-state index in [1.54, 1.807) is 11.1 Å². The van der Waals surface area contributed by atoms with E-state index in [4.69, 9.17) is 0 Å². The van der Waals surface area contributed by atoms with Crippen molar-refractivity contribution in [1.29, 1.82) is 0 Å². The van der Waals surface area contributed by atoms with E-state index in [1.165, 1.54) is 136 Å². The molecule has 0 N–H and O–H groups in total. The van der Waals surface area contributed by atoms with Gasteiger partial charge >= 0.3 is 0 Å². The summed E-state index contributed by atoms with van der Waals surface area (Å²) in [5.74, 6) is 1.35. The zero-order chi connectivity index (χ0) is 52.7. The predicted octanol–water partition coefficient (Wildman–Crippen LogP) is 18.2. The largest absolute Gasteiger partial charge is 0.311 e. The molecule has 0 atom stereocenters. The van der Waals surface area contributed by atoms with E-state index in [0.29, 0.717) is 11.8 Å². The van der Waals surface area contributed by atoms with Crippen LogP contribution in [0.2, 0.25) is 0 Å². The molecule has 4 heteroatoms. The highest BCUT2D eigenvalue weighted by atomic mass is 32.1. The van der Waals surface area contributed by atoms with Gasteiger partial charge in [0, 0.05) is 48.6 Å². The third-order valence-corrected chi connectivity index (χ3v) is 20.0. The molecule has 2 nitrogen and oxygen atoms in total. The van der Waals surface area contributed by atoms with Crippen molar-refractivity contribution in [2.75, 3.05) is 9.80 Å². The fraction of sp³-hybridized carbons (Fsp3) is 0.380. The molecule has 13 rings (SSSR count). The summed E-state index contributed by atoms with van der Waals surface area (Å²) in [7, 11) is 0. The molecule has 0 unspecified atom stereocenters. The summed E-state index contributed by atoms with van der Waals surface area (Å²) in [4.78, 5) is 5.47. The molecule has 2 bridgehead atoms. The van der Waals surface area contributed by atoms with Crippen LogP contribution in [0.4, 0.5) is 34.1 Å². The summed E-state index contributed by atoms with van der Waals surface area (Å²) in [5.41, 5.74) is 25.9. The van der Waals surface area contributed by atoms with Crippen LogP contribution in [0.15, 0.2) is 133 Å². The van der Waals surface area contributed by atoms with Crippen molar-refractivity contribution in [3.63, 3.8) is 0 Å². The standard InChI is InChI=1S/C71H77BN2S/c1-66(2,3)44-27-31-51(32-28-44)73-57-33-29-48(68(7,8)9)41-56(57)72-63-59(73)37-43(42-35-49(69(10,11)12)39-50(36-42)70(13,14)15)38-60(63)74(64-53-40-47(67(4,5)6)30-34-61(53)75-65(64)72)58-22-18-21-55-62(58)52-19-16-17-20-54(52)71(55)45-23-24-46(71)26-25-45/h16-22,27-41,45-46H,23-26H2,1-15H3. The van der Waals surface area contributed by atoms with Crippen LogP contribution in [-0.2, 0) is 32.5 Å². The molecule has 380 valence electrons. The third-order valence-electron chi connectivity index (χ3n) is 18.8. The van der Waals surface area contributed by atoms with Gasteiger partial charge in [-0.15, -0.1) is 11.3 Å². The molecule has 1 spiro atoms. The second-order valence-corrected chi connectivity index (χ2v) is 29.7. The van der Waals surface area contributed by atoms with Crippen molar-refractivity contribution in [3.8, 4) is 22.3 Å². The lowest BCUT2D eigenvalue weighted by atomic mass is 9.36. The normalized spacial score (nSPS) is 19.7. The first-order valence-corrected chi connectivity index (χ1v) is 29.1. The highest BCUT2D eigenvalue weighted by Crippen LogP contribution is 2.69. The van der Waals surface area contributed by atoms with Crippen molar-refractivity contribution in [2.45, 2.75) is 162 Å². The van der Waals surface area contributed by atoms with Crippen LogP contribution in [-0.4, -0.2) is 6.71 Å². The summed E-state index contributed by atoms with van der Waals surface area (Å²) in [6.07, 6.45) is 5.30. The first-order chi connectivity index (χ1) is 35.3. The van der Waals surface area contributed by atoms with E-state index < -0.39 is 0 Å². The van der Waals surface area contributed by atoms with Gasteiger partial charge in [-0.05, 0) is 180 Å². The number of rotatable bonds is 3. The van der Waals surface area contributed by atoms with Gasteiger partial charge in [0.15, 0.2) is 0 Å². The molecule has 3 heterocycles. The van der Waals surface area contributed by atoms with E-state index in [9.17, 15) is 0 Å². The van der Waals surface area contributed by atoms with Gasteiger partial charge in [0.1, 0.15) is 0 Å². The van der Waals surface area contributed by atoms with Crippen LogP contribution in [0.1, 0.15) is 168 Å². The van der Waals surface area contributed by atoms with Crippen LogP contribution in [0.25, 0.3) is 32.3 Å². The van der Waals surface area contributed by atoms with Crippen LogP contribution < -0.4 is 25.5 Å². The second-order valence-electron chi connectivity index (χ2n) is 28.6. The topological polar surface area (TPSA) is 6.48 Å². The van der Waals surface area contributed by atoms with Gasteiger partial charge in [-0.3, -0.25) is 0 Å².